The van der Waals surface area contributed by atoms with Crippen molar-refractivity contribution >= 4 is 29.1 Å². The van der Waals surface area contributed by atoms with E-state index < -0.39 is 0 Å². The van der Waals surface area contributed by atoms with Crippen LogP contribution in [-0.4, -0.2) is 29.4 Å². The number of carbonyl (C=O) groups excluding carboxylic acids is 1. The zero-order valence-electron chi connectivity index (χ0n) is 11.2. The summed E-state index contributed by atoms with van der Waals surface area (Å²) in [5, 5.41) is 4.39. The van der Waals surface area contributed by atoms with E-state index in [1.54, 1.807) is 6.07 Å². The molecule has 20 heavy (non-hydrogen) atoms. The molecule has 1 aliphatic carbocycles. The third-order valence-corrected chi connectivity index (χ3v) is 4.71. The summed E-state index contributed by atoms with van der Waals surface area (Å²) in [5.41, 5.74) is 1.04. The lowest BCUT2D eigenvalue weighted by Gasteiger charge is -2.26. The van der Waals surface area contributed by atoms with Gasteiger partial charge in [0.2, 0.25) is 5.91 Å². The van der Waals surface area contributed by atoms with Crippen LogP contribution in [0.3, 0.4) is 0 Å². The normalized spacial score (nSPS) is 22.0. The van der Waals surface area contributed by atoms with E-state index >= 15 is 0 Å². The molecule has 2 fully saturated rings. The van der Waals surface area contributed by atoms with Gasteiger partial charge >= 0.3 is 0 Å². The van der Waals surface area contributed by atoms with Crippen LogP contribution in [0, 0.1) is 0 Å². The number of hydrogen-bond donors (Lipinski definition) is 1. The van der Waals surface area contributed by atoms with Gasteiger partial charge in [-0.25, -0.2) is 0 Å². The molecular formula is C15H18Cl2N2O. The van der Waals surface area contributed by atoms with Gasteiger partial charge in [0.25, 0.3) is 0 Å². The van der Waals surface area contributed by atoms with Gasteiger partial charge in [-0.3, -0.25) is 4.79 Å². The second-order valence-electron chi connectivity index (χ2n) is 5.59. The number of nitrogens with one attached hydrogen (secondary N) is 1. The van der Waals surface area contributed by atoms with Crippen molar-refractivity contribution in [1.29, 1.82) is 0 Å². The molecule has 1 saturated carbocycles. The van der Waals surface area contributed by atoms with Gasteiger partial charge in [-0.05, 0) is 49.9 Å². The van der Waals surface area contributed by atoms with E-state index in [-0.39, 0.29) is 11.9 Å². The minimum absolute atomic E-state index is 0.00151. The number of amides is 1. The van der Waals surface area contributed by atoms with Gasteiger partial charge in [0, 0.05) is 12.6 Å². The Morgan fingerprint density at radius 2 is 2.05 bits per heavy atom. The van der Waals surface area contributed by atoms with Crippen molar-refractivity contribution in [3.8, 4) is 0 Å². The molecule has 1 amide bonds. The summed E-state index contributed by atoms with van der Waals surface area (Å²) in [4.78, 5) is 14.6. The minimum Gasteiger partial charge on any atom is -0.334 e. The van der Waals surface area contributed by atoms with Crippen molar-refractivity contribution in [2.24, 2.45) is 0 Å². The lowest BCUT2D eigenvalue weighted by molar-refractivity contribution is -0.134. The first-order valence-electron chi connectivity index (χ1n) is 7.13. The van der Waals surface area contributed by atoms with Crippen LogP contribution in [0.5, 0.6) is 0 Å². The van der Waals surface area contributed by atoms with Crippen LogP contribution in [0.25, 0.3) is 0 Å². The van der Waals surface area contributed by atoms with Crippen molar-refractivity contribution in [2.45, 2.75) is 44.3 Å². The van der Waals surface area contributed by atoms with Crippen LogP contribution in [0.15, 0.2) is 18.2 Å². The zero-order valence-corrected chi connectivity index (χ0v) is 12.8. The molecule has 1 aromatic carbocycles. The fourth-order valence-electron chi connectivity index (χ4n) is 2.70. The predicted octanol–water partition coefficient (Wildman–Crippen LogP) is 3.24. The third-order valence-electron chi connectivity index (χ3n) is 3.97. The summed E-state index contributed by atoms with van der Waals surface area (Å²) < 4.78 is 0. The smallest absolute Gasteiger partial charge is 0.240 e. The summed E-state index contributed by atoms with van der Waals surface area (Å²) in [6.07, 6.45) is 4.25. The van der Waals surface area contributed by atoms with Gasteiger partial charge < -0.3 is 10.2 Å². The Labute approximate surface area is 129 Å². The standard InChI is InChI=1S/C15H18Cl2N2O/c16-12-6-3-10(8-13(12)17)9-19(11-4-5-11)15(20)14-2-1-7-18-14/h3,6,8,11,14,18H,1-2,4-5,7,9H2. The molecule has 1 unspecified atom stereocenters. The molecule has 0 bridgehead atoms. The van der Waals surface area contributed by atoms with Gasteiger partial charge in [-0.15, -0.1) is 0 Å². The second kappa shape index (κ2) is 5.92. The molecule has 3 rings (SSSR count). The highest BCUT2D eigenvalue weighted by Crippen LogP contribution is 2.31. The van der Waals surface area contributed by atoms with E-state index in [2.05, 4.69) is 5.32 Å². The Bertz CT molecular complexity index is 511. The van der Waals surface area contributed by atoms with Gasteiger partial charge in [0.1, 0.15) is 0 Å². The summed E-state index contributed by atoms with van der Waals surface area (Å²) in [6, 6.07) is 5.99. The average molecular weight is 313 g/mol. The Morgan fingerprint density at radius 1 is 1.25 bits per heavy atom. The van der Waals surface area contributed by atoms with Crippen LogP contribution in [0.1, 0.15) is 31.2 Å². The minimum atomic E-state index is -0.00151. The van der Waals surface area contributed by atoms with Gasteiger partial charge in [-0.2, -0.15) is 0 Å². The average Bonchev–Trinajstić information content (AvgIpc) is 3.13. The van der Waals surface area contributed by atoms with Crippen molar-refractivity contribution in [2.75, 3.05) is 6.54 Å². The molecule has 1 aliphatic heterocycles. The first-order valence-corrected chi connectivity index (χ1v) is 7.88. The largest absolute Gasteiger partial charge is 0.334 e. The Hall–Kier alpha value is -0.770. The number of halogens is 2. The van der Waals surface area contributed by atoms with Crippen LogP contribution >= 0.6 is 23.2 Å². The quantitative estimate of drug-likeness (QED) is 0.925. The van der Waals surface area contributed by atoms with E-state index in [0.29, 0.717) is 22.6 Å². The molecule has 1 aromatic rings. The molecule has 1 atom stereocenters. The number of nitrogens with zero attached hydrogens (tertiary/aromatic N) is 1. The Morgan fingerprint density at radius 3 is 2.65 bits per heavy atom. The highest BCUT2D eigenvalue weighted by Gasteiger charge is 2.36. The molecule has 3 nitrogen and oxygen atoms in total. The van der Waals surface area contributed by atoms with Crippen LogP contribution < -0.4 is 5.32 Å². The monoisotopic (exact) mass is 312 g/mol. The first-order chi connectivity index (χ1) is 9.65. The first kappa shape index (κ1) is 14.2. The highest BCUT2D eigenvalue weighted by atomic mass is 35.5. The molecule has 5 heteroatoms. The van der Waals surface area contributed by atoms with E-state index in [1.807, 2.05) is 17.0 Å². The molecule has 0 radical (unpaired) electrons. The molecule has 1 saturated heterocycles. The maximum absolute atomic E-state index is 12.6. The molecule has 1 N–H and O–H groups in total. The fourth-order valence-corrected chi connectivity index (χ4v) is 3.02. The van der Waals surface area contributed by atoms with E-state index in [0.717, 1.165) is 37.8 Å². The fraction of sp³-hybridized carbons (Fsp3) is 0.533. The number of hydrogen-bond acceptors (Lipinski definition) is 2. The summed E-state index contributed by atoms with van der Waals surface area (Å²) in [5.74, 6) is 0.232. The highest BCUT2D eigenvalue weighted by molar-refractivity contribution is 6.42. The van der Waals surface area contributed by atoms with E-state index in [1.165, 1.54) is 0 Å². The van der Waals surface area contributed by atoms with Crippen molar-refractivity contribution in [3.63, 3.8) is 0 Å². The molecular weight excluding hydrogens is 295 g/mol. The summed E-state index contributed by atoms with van der Waals surface area (Å²) in [7, 11) is 0. The van der Waals surface area contributed by atoms with Gasteiger partial charge in [-0.1, -0.05) is 29.3 Å². The Kier molecular flexibility index (Phi) is 4.20. The predicted molar refractivity (Wildman–Crippen MR) is 81.1 cm³/mol. The van der Waals surface area contributed by atoms with Crippen molar-refractivity contribution in [1.82, 2.24) is 10.2 Å². The SMILES string of the molecule is O=C(C1CCCN1)N(Cc1ccc(Cl)c(Cl)c1)C1CC1. The van der Waals surface area contributed by atoms with Crippen molar-refractivity contribution < 1.29 is 4.79 Å². The van der Waals surface area contributed by atoms with Crippen LogP contribution in [-0.2, 0) is 11.3 Å². The summed E-state index contributed by atoms with van der Waals surface area (Å²) in [6.45, 7) is 1.57. The van der Waals surface area contributed by atoms with Crippen LogP contribution in [0.2, 0.25) is 10.0 Å². The van der Waals surface area contributed by atoms with Gasteiger partial charge in [0.05, 0.1) is 16.1 Å². The molecule has 0 aromatic heterocycles. The lowest BCUT2D eigenvalue weighted by Crippen LogP contribution is -2.44. The maximum atomic E-state index is 12.6. The number of carbonyl (C=O) groups is 1. The van der Waals surface area contributed by atoms with E-state index in [9.17, 15) is 4.79 Å². The molecule has 2 aliphatic rings. The summed E-state index contributed by atoms with van der Waals surface area (Å²) >= 11 is 12.0. The number of benzene rings is 1. The number of rotatable bonds is 4. The lowest BCUT2D eigenvalue weighted by atomic mass is 10.1. The topological polar surface area (TPSA) is 32.3 Å². The van der Waals surface area contributed by atoms with E-state index in [4.69, 9.17) is 23.2 Å². The van der Waals surface area contributed by atoms with Gasteiger partial charge in [0.15, 0.2) is 0 Å². The molecule has 0 spiro atoms. The zero-order chi connectivity index (χ0) is 14.1. The third kappa shape index (κ3) is 3.11. The molecule has 1 heterocycles. The van der Waals surface area contributed by atoms with Crippen molar-refractivity contribution in [3.05, 3.63) is 33.8 Å². The van der Waals surface area contributed by atoms with Crippen LogP contribution in [0.4, 0.5) is 0 Å². The second-order valence-corrected chi connectivity index (χ2v) is 6.41. The maximum Gasteiger partial charge on any atom is 0.240 e. The molecule has 108 valence electrons. The Balaban J connectivity index is 1.73.